The zero-order chi connectivity index (χ0) is 28.4. The molecule has 0 bridgehead atoms. The number of hydrogen-bond donors (Lipinski definition) is 3. The number of amides is 2. The van der Waals surface area contributed by atoms with Gasteiger partial charge in [-0.1, -0.05) is 0 Å². The molecule has 216 valence electrons. The highest BCUT2D eigenvalue weighted by atomic mass is 19.1. The number of anilines is 1. The van der Waals surface area contributed by atoms with Gasteiger partial charge in [0.1, 0.15) is 17.9 Å². The van der Waals surface area contributed by atoms with Gasteiger partial charge in [-0.05, 0) is 83.0 Å². The van der Waals surface area contributed by atoms with Gasteiger partial charge in [0, 0.05) is 43.7 Å². The summed E-state index contributed by atoms with van der Waals surface area (Å²) in [5.41, 5.74) is 0.422. The molecule has 2 aliphatic carbocycles. The Hall–Kier alpha value is -3.47. The van der Waals surface area contributed by atoms with E-state index < -0.39 is 11.9 Å². The van der Waals surface area contributed by atoms with Crippen LogP contribution in [-0.4, -0.2) is 76.8 Å². The van der Waals surface area contributed by atoms with Crippen molar-refractivity contribution in [3.8, 4) is 11.5 Å². The first-order valence-electron chi connectivity index (χ1n) is 14.1. The Balaban J connectivity index is 1.14. The quantitative estimate of drug-likeness (QED) is 0.420. The van der Waals surface area contributed by atoms with Crippen LogP contribution < -0.4 is 20.3 Å². The smallest absolute Gasteiger partial charge is 0.404 e. The lowest BCUT2D eigenvalue weighted by atomic mass is 9.60. The molecule has 40 heavy (non-hydrogen) atoms. The number of rotatable bonds is 9. The Labute approximate surface area is 234 Å². The molecule has 5 rings (SSSR count). The maximum Gasteiger partial charge on any atom is 0.404 e. The van der Waals surface area contributed by atoms with Crippen molar-refractivity contribution in [1.29, 1.82) is 0 Å². The number of carbonyl (C=O) groups excluding carboxylic acids is 1. The molecule has 0 unspecified atom stereocenters. The van der Waals surface area contributed by atoms with Crippen LogP contribution in [0.1, 0.15) is 62.7 Å². The van der Waals surface area contributed by atoms with Gasteiger partial charge in [0.05, 0.1) is 11.8 Å². The minimum absolute atomic E-state index is 0.0477. The standard InChI is InChI=1S/C29H39FN6O4/c1-18(2)35(3)27(37)23-10-20(30)6-9-24(23)40-25-14-31-17-33-26(25)36-15-29(16-36)11-22(12-29)32-13-19-4-7-21(8-5-19)34-28(38)39/h6,9-10,14,17-19,21-22,32,34H,4-5,7-8,11-13,15-16H2,1-3H3,(H,38,39)/t19-,21-. The number of nitrogens with zero attached hydrogens (tertiary/aromatic N) is 4. The molecule has 11 heteroatoms. The summed E-state index contributed by atoms with van der Waals surface area (Å²) in [6.07, 6.45) is 8.29. The summed E-state index contributed by atoms with van der Waals surface area (Å²) in [7, 11) is 1.68. The average Bonchev–Trinajstić information content (AvgIpc) is 2.88. The number of nitrogens with one attached hydrogen (secondary N) is 2. The van der Waals surface area contributed by atoms with Crippen molar-refractivity contribution in [3.05, 3.63) is 42.1 Å². The lowest BCUT2D eigenvalue weighted by Gasteiger charge is -2.59. The van der Waals surface area contributed by atoms with E-state index in [9.17, 15) is 14.0 Å². The van der Waals surface area contributed by atoms with E-state index >= 15 is 0 Å². The van der Waals surface area contributed by atoms with E-state index in [0.29, 0.717) is 23.5 Å². The Morgan fingerprint density at radius 3 is 2.58 bits per heavy atom. The van der Waals surface area contributed by atoms with Gasteiger partial charge in [-0.2, -0.15) is 0 Å². The Bertz CT molecular complexity index is 1220. The molecule has 3 aliphatic rings. The normalized spacial score (nSPS) is 22.0. The van der Waals surface area contributed by atoms with E-state index in [0.717, 1.165) is 58.2 Å². The summed E-state index contributed by atoms with van der Waals surface area (Å²) in [6, 6.07) is 4.51. The van der Waals surface area contributed by atoms with Crippen LogP contribution in [0, 0.1) is 17.2 Å². The molecule has 0 atom stereocenters. The van der Waals surface area contributed by atoms with Crippen LogP contribution >= 0.6 is 0 Å². The molecule has 1 aliphatic heterocycles. The summed E-state index contributed by atoms with van der Waals surface area (Å²) in [5.74, 6) is 1.16. The van der Waals surface area contributed by atoms with Crippen LogP contribution in [0.25, 0.3) is 0 Å². The van der Waals surface area contributed by atoms with E-state index in [-0.39, 0.29) is 34.7 Å². The number of carboxylic acid groups (broad SMARTS) is 1. The maximum atomic E-state index is 14.1. The van der Waals surface area contributed by atoms with E-state index in [2.05, 4.69) is 25.5 Å². The summed E-state index contributed by atoms with van der Waals surface area (Å²) in [6.45, 7) is 6.52. The zero-order valence-corrected chi connectivity index (χ0v) is 23.4. The predicted octanol–water partition coefficient (Wildman–Crippen LogP) is 4.27. The molecule has 2 saturated carbocycles. The molecule has 3 N–H and O–H groups in total. The third kappa shape index (κ3) is 6.14. The fourth-order valence-corrected chi connectivity index (χ4v) is 6.24. The molecular formula is C29H39FN6O4. The van der Waals surface area contributed by atoms with Crippen LogP contribution in [0.3, 0.4) is 0 Å². The highest BCUT2D eigenvalue weighted by molar-refractivity contribution is 5.97. The van der Waals surface area contributed by atoms with Crippen LogP contribution in [0.15, 0.2) is 30.7 Å². The lowest BCUT2D eigenvalue weighted by Crippen LogP contribution is -2.66. The van der Waals surface area contributed by atoms with Crippen molar-refractivity contribution in [2.24, 2.45) is 11.3 Å². The van der Waals surface area contributed by atoms with Crippen molar-refractivity contribution in [1.82, 2.24) is 25.5 Å². The second-order valence-electron chi connectivity index (χ2n) is 12.0. The minimum atomic E-state index is -0.929. The van der Waals surface area contributed by atoms with Crippen LogP contribution in [-0.2, 0) is 0 Å². The largest absolute Gasteiger partial charge is 0.465 e. The first-order chi connectivity index (χ1) is 19.1. The number of aromatic nitrogens is 2. The number of benzene rings is 1. The van der Waals surface area contributed by atoms with E-state index in [1.165, 1.54) is 24.5 Å². The molecule has 0 radical (unpaired) electrons. The van der Waals surface area contributed by atoms with Crippen molar-refractivity contribution in [3.63, 3.8) is 0 Å². The summed E-state index contributed by atoms with van der Waals surface area (Å²) >= 11 is 0. The average molecular weight is 555 g/mol. The van der Waals surface area contributed by atoms with Gasteiger partial charge in [-0.3, -0.25) is 4.79 Å². The van der Waals surface area contributed by atoms with Crippen molar-refractivity contribution in [2.45, 2.75) is 70.5 Å². The third-order valence-electron chi connectivity index (χ3n) is 8.73. The number of halogens is 1. The third-order valence-corrected chi connectivity index (χ3v) is 8.73. The molecule has 1 aromatic heterocycles. The topological polar surface area (TPSA) is 120 Å². The molecule has 2 heterocycles. The first kappa shape index (κ1) is 28.1. The van der Waals surface area contributed by atoms with Gasteiger partial charge < -0.3 is 30.3 Å². The minimum Gasteiger partial charge on any atom is -0.465 e. The Morgan fingerprint density at radius 1 is 1.18 bits per heavy atom. The summed E-state index contributed by atoms with van der Waals surface area (Å²) < 4.78 is 20.2. The fourth-order valence-electron chi connectivity index (χ4n) is 6.24. The second-order valence-corrected chi connectivity index (χ2v) is 12.0. The maximum absolute atomic E-state index is 14.1. The molecule has 2 amide bonds. The molecule has 1 saturated heterocycles. The highest BCUT2D eigenvalue weighted by Gasteiger charge is 2.53. The molecule has 1 aromatic carbocycles. The summed E-state index contributed by atoms with van der Waals surface area (Å²) in [5, 5.41) is 15.2. The predicted molar refractivity (Wildman–Crippen MR) is 148 cm³/mol. The Kier molecular flexibility index (Phi) is 8.11. The highest BCUT2D eigenvalue weighted by Crippen LogP contribution is 2.51. The SMILES string of the molecule is CC(C)N(C)C(=O)c1cc(F)ccc1Oc1cncnc1N1CC2(CC(NC[C@H]3CC[C@H](NC(=O)O)CC3)C2)C1. The molecular weight excluding hydrogens is 515 g/mol. The van der Waals surface area contributed by atoms with E-state index in [1.54, 1.807) is 18.1 Å². The van der Waals surface area contributed by atoms with Crippen molar-refractivity contribution >= 4 is 17.8 Å². The van der Waals surface area contributed by atoms with Gasteiger partial charge in [-0.15, -0.1) is 0 Å². The summed E-state index contributed by atoms with van der Waals surface area (Å²) in [4.78, 5) is 36.2. The van der Waals surface area contributed by atoms with Gasteiger partial charge in [0.15, 0.2) is 11.6 Å². The molecule has 1 spiro atoms. The van der Waals surface area contributed by atoms with Crippen LogP contribution in [0.4, 0.5) is 15.0 Å². The van der Waals surface area contributed by atoms with Crippen molar-refractivity contribution < 1.29 is 23.8 Å². The van der Waals surface area contributed by atoms with E-state index in [4.69, 9.17) is 9.84 Å². The van der Waals surface area contributed by atoms with Crippen molar-refractivity contribution in [2.75, 3.05) is 31.6 Å². The van der Waals surface area contributed by atoms with Gasteiger partial charge in [0.25, 0.3) is 5.91 Å². The van der Waals surface area contributed by atoms with Gasteiger partial charge in [0.2, 0.25) is 0 Å². The number of ether oxygens (including phenoxy) is 1. The van der Waals surface area contributed by atoms with Gasteiger partial charge in [-0.25, -0.2) is 19.2 Å². The molecule has 3 fully saturated rings. The second kappa shape index (κ2) is 11.6. The molecule has 10 nitrogen and oxygen atoms in total. The number of hydrogen-bond acceptors (Lipinski definition) is 7. The lowest BCUT2D eigenvalue weighted by molar-refractivity contribution is 0.0445. The monoisotopic (exact) mass is 554 g/mol. The van der Waals surface area contributed by atoms with Crippen LogP contribution in [0.2, 0.25) is 0 Å². The van der Waals surface area contributed by atoms with Gasteiger partial charge >= 0.3 is 6.09 Å². The number of carbonyl (C=O) groups is 2. The van der Waals surface area contributed by atoms with E-state index in [1.807, 2.05) is 13.8 Å². The first-order valence-corrected chi connectivity index (χ1v) is 14.1. The molecule has 2 aromatic rings. The zero-order valence-electron chi connectivity index (χ0n) is 23.4. The van der Waals surface area contributed by atoms with Crippen LogP contribution in [0.5, 0.6) is 11.5 Å². The Morgan fingerprint density at radius 2 is 1.90 bits per heavy atom. The fraction of sp³-hybridized carbons (Fsp3) is 0.586.